The third-order valence-electron chi connectivity index (χ3n) is 3.78. The highest BCUT2D eigenvalue weighted by Gasteiger charge is 2.11. The van der Waals surface area contributed by atoms with Gasteiger partial charge in [-0.25, -0.2) is 28.5 Å². The zero-order valence-corrected chi connectivity index (χ0v) is 15.3. The monoisotopic (exact) mass is 399 g/mol. The number of benzene rings is 2. The zero-order chi connectivity index (χ0) is 19.0. The summed E-state index contributed by atoms with van der Waals surface area (Å²) in [5.41, 5.74) is 1.77. The van der Waals surface area contributed by atoms with Crippen LogP contribution in [0.2, 0.25) is 0 Å². The summed E-state index contributed by atoms with van der Waals surface area (Å²) in [6.07, 6.45) is 3.30. The minimum absolute atomic E-state index is 0.0137. The maximum absolute atomic E-state index is 11.3. The Balaban J connectivity index is 1.65. The molecule has 0 atom stereocenters. The molecule has 2 heterocycles. The van der Waals surface area contributed by atoms with Crippen LogP contribution in [0.4, 0.5) is 11.6 Å². The molecule has 2 aromatic carbocycles. The molecule has 10 heteroatoms. The lowest BCUT2D eigenvalue weighted by molar-refractivity contribution is 0.480. The van der Waals surface area contributed by atoms with Gasteiger partial charge >= 0.3 is 0 Å². The van der Waals surface area contributed by atoms with Gasteiger partial charge in [0.15, 0.2) is 0 Å². The van der Waals surface area contributed by atoms with Crippen LogP contribution in [0.15, 0.2) is 59.1 Å². The van der Waals surface area contributed by atoms with Crippen LogP contribution in [0, 0.1) is 0 Å². The molecule has 27 heavy (non-hydrogen) atoms. The van der Waals surface area contributed by atoms with Gasteiger partial charge in [-0.3, -0.25) is 0 Å². The summed E-state index contributed by atoms with van der Waals surface area (Å²) in [6.45, 7) is 0. The van der Waals surface area contributed by atoms with Gasteiger partial charge in [0.25, 0.3) is 0 Å². The van der Waals surface area contributed by atoms with Crippen molar-refractivity contribution in [3.05, 3.63) is 54.2 Å². The molecule has 0 bridgehead atoms. The minimum atomic E-state index is -3.75. The molecule has 0 aliphatic heterocycles. The van der Waals surface area contributed by atoms with E-state index in [4.69, 9.17) is 5.14 Å². The highest BCUT2D eigenvalue weighted by molar-refractivity contribution is 7.89. The van der Waals surface area contributed by atoms with Crippen LogP contribution in [0.5, 0.6) is 5.75 Å². The summed E-state index contributed by atoms with van der Waals surface area (Å²) in [7, 11) is -3.75. The van der Waals surface area contributed by atoms with E-state index in [1.54, 1.807) is 30.6 Å². The largest absolute Gasteiger partial charge is 0.506 e. The summed E-state index contributed by atoms with van der Waals surface area (Å²) in [5.74, 6) is 0.288. The SMILES string of the molecule is NS(=O)(=O)c1ccc(Nc2ncc3cc(-c4nccs4)cc(O)c3n2)cc1. The van der Waals surface area contributed by atoms with Crippen LogP contribution in [-0.4, -0.2) is 28.5 Å². The summed E-state index contributed by atoms with van der Waals surface area (Å²) in [6, 6.07) is 9.35. The molecule has 4 rings (SSSR count). The van der Waals surface area contributed by atoms with Crippen LogP contribution in [0.3, 0.4) is 0 Å². The summed E-state index contributed by atoms with van der Waals surface area (Å²) >= 11 is 1.47. The molecule has 8 nitrogen and oxygen atoms in total. The van der Waals surface area contributed by atoms with Crippen molar-refractivity contribution in [3.63, 3.8) is 0 Å². The number of nitrogens with zero attached hydrogens (tertiary/aromatic N) is 3. The number of rotatable bonds is 4. The summed E-state index contributed by atoms with van der Waals surface area (Å²) in [4.78, 5) is 12.8. The second-order valence-corrected chi connectivity index (χ2v) is 8.11. The molecule has 0 aliphatic rings. The number of thiazole rings is 1. The fourth-order valence-corrected chi connectivity index (χ4v) is 3.68. The molecule has 2 aromatic heterocycles. The van der Waals surface area contributed by atoms with Crippen LogP contribution in [0.25, 0.3) is 21.5 Å². The van der Waals surface area contributed by atoms with E-state index in [1.165, 1.54) is 23.5 Å². The number of aromatic nitrogens is 3. The van der Waals surface area contributed by atoms with E-state index in [2.05, 4.69) is 20.3 Å². The van der Waals surface area contributed by atoms with Gasteiger partial charge < -0.3 is 10.4 Å². The Kier molecular flexibility index (Phi) is 4.22. The maximum Gasteiger partial charge on any atom is 0.238 e. The van der Waals surface area contributed by atoms with Crippen molar-refractivity contribution in [2.24, 2.45) is 5.14 Å². The Labute approximate surface area is 158 Å². The van der Waals surface area contributed by atoms with E-state index < -0.39 is 10.0 Å². The third kappa shape index (κ3) is 3.58. The minimum Gasteiger partial charge on any atom is -0.506 e. The number of phenolic OH excluding ortho intramolecular Hbond substituents is 1. The van der Waals surface area contributed by atoms with Crippen LogP contribution in [0.1, 0.15) is 0 Å². The van der Waals surface area contributed by atoms with Gasteiger partial charge in [0, 0.05) is 34.4 Å². The number of sulfonamides is 1. The standard InChI is InChI=1S/C17H13N5O3S2/c18-27(24,25)13-3-1-12(2-4-13)21-17-20-9-11-7-10(16-19-5-6-26-16)8-14(23)15(11)22-17/h1-9,23H,(H2,18,24,25)(H,20,21,22). The number of primary sulfonamides is 1. The van der Waals surface area contributed by atoms with Crippen molar-refractivity contribution in [1.29, 1.82) is 0 Å². The first-order valence-corrected chi connectivity index (χ1v) is 10.1. The number of aromatic hydroxyl groups is 1. The summed E-state index contributed by atoms with van der Waals surface area (Å²) in [5, 5.41) is 21.7. The summed E-state index contributed by atoms with van der Waals surface area (Å²) < 4.78 is 22.6. The molecule has 0 saturated heterocycles. The average Bonchev–Trinajstić information content (AvgIpc) is 3.16. The predicted molar refractivity (Wildman–Crippen MR) is 103 cm³/mol. The molecule has 0 spiro atoms. The van der Waals surface area contributed by atoms with E-state index in [1.807, 2.05) is 11.4 Å². The predicted octanol–water partition coefficient (Wildman–Crippen LogP) is 2.85. The first-order valence-electron chi connectivity index (χ1n) is 7.70. The molecule has 0 fully saturated rings. The van der Waals surface area contributed by atoms with E-state index in [0.29, 0.717) is 16.6 Å². The van der Waals surface area contributed by atoms with Crippen LogP contribution >= 0.6 is 11.3 Å². The van der Waals surface area contributed by atoms with Crippen LogP contribution in [-0.2, 0) is 10.0 Å². The van der Waals surface area contributed by atoms with Crippen molar-refractivity contribution >= 4 is 43.9 Å². The van der Waals surface area contributed by atoms with Gasteiger partial charge in [0.05, 0.1) is 4.90 Å². The molecule has 0 aliphatic carbocycles. The van der Waals surface area contributed by atoms with E-state index in [-0.39, 0.29) is 16.6 Å². The van der Waals surface area contributed by atoms with Gasteiger partial charge in [-0.15, -0.1) is 11.3 Å². The number of nitrogens with two attached hydrogens (primary N) is 1. The van der Waals surface area contributed by atoms with Crippen molar-refractivity contribution < 1.29 is 13.5 Å². The van der Waals surface area contributed by atoms with Gasteiger partial charge in [-0.1, -0.05) is 0 Å². The highest BCUT2D eigenvalue weighted by atomic mass is 32.2. The Morgan fingerprint density at radius 3 is 2.56 bits per heavy atom. The molecule has 0 radical (unpaired) electrons. The van der Waals surface area contributed by atoms with Crippen molar-refractivity contribution in [2.45, 2.75) is 4.90 Å². The van der Waals surface area contributed by atoms with Gasteiger partial charge in [-0.05, 0) is 36.4 Å². The third-order valence-corrected chi connectivity index (χ3v) is 5.53. The Bertz CT molecular complexity index is 1220. The quantitative estimate of drug-likeness (QED) is 0.481. The van der Waals surface area contributed by atoms with Crippen LogP contribution < -0.4 is 10.5 Å². The fourth-order valence-electron chi connectivity index (χ4n) is 2.53. The lowest BCUT2D eigenvalue weighted by atomic mass is 10.1. The second kappa shape index (κ2) is 6.58. The number of phenols is 1. The number of anilines is 2. The van der Waals surface area contributed by atoms with Crippen molar-refractivity contribution in [3.8, 4) is 16.3 Å². The first kappa shape index (κ1) is 17.3. The highest BCUT2D eigenvalue weighted by Crippen LogP contribution is 2.32. The zero-order valence-electron chi connectivity index (χ0n) is 13.7. The number of fused-ring (bicyclic) bond motifs is 1. The molecule has 136 valence electrons. The van der Waals surface area contributed by atoms with Gasteiger partial charge in [-0.2, -0.15) is 0 Å². The first-order chi connectivity index (χ1) is 12.9. The second-order valence-electron chi connectivity index (χ2n) is 5.66. The number of hydrogen-bond donors (Lipinski definition) is 3. The van der Waals surface area contributed by atoms with Gasteiger partial charge in [0.1, 0.15) is 16.3 Å². The van der Waals surface area contributed by atoms with Crippen molar-refractivity contribution in [2.75, 3.05) is 5.32 Å². The molecule has 4 N–H and O–H groups in total. The Morgan fingerprint density at radius 2 is 1.89 bits per heavy atom. The molecular formula is C17H13N5O3S2. The lowest BCUT2D eigenvalue weighted by Crippen LogP contribution is -2.11. The Hall–Kier alpha value is -3.08. The van der Waals surface area contributed by atoms with Gasteiger partial charge in [0.2, 0.25) is 16.0 Å². The molecule has 4 aromatic rings. The topological polar surface area (TPSA) is 131 Å². The number of hydrogen-bond acceptors (Lipinski definition) is 8. The number of nitrogens with one attached hydrogen (secondary N) is 1. The Morgan fingerprint density at radius 1 is 1.11 bits per heavy atom. The fraction of sp³-hybridized carbons (Fsp3) is 0. The van der Waals surface area contributed by atoms with E-state index in [0.717, 1.165) is 10.6 Å². The van der Waals surface area contributed by atoms with E-state index in [9.17, 15) is 13.5 Å². The van der Waals surface area contributed by atoms with E-state index >= 15 is 0 Å². The van der Waals surface area contributed by atoms with Crippen molar-refractivity contribution in [1.82, 2.24) is 15.0 Å². The average molecular weight is 399 g/mol. The molecular weight excluding hydrogens is 386 g/mol. The molecule has 0 saturated carbocycles. The smallest absolute Gasteiger partial charge is 0.238 e. The normalized spacial score (nSPS) is 11.6. The molecule has 0 unspecified atom stereocenters. The molecule has 0 amide bonds. The lowest BCUT2D eigenvalue weighted by Gasteiger charge is -2.08. The maximum atomic E-state index is 11.3.